The van der Waals surface area contributed by atoms with Crippen LogP contribution in [-0.2, 0) is 27.4 Å². The number of carbonyl (C=O) groups excluding carboxylic acids is 2. The fourth-order valence-electron chi connectivity index (χ4n) is 2.66. The molecule has 0 heterocycles. The zero-order chi connectivity index (χ0) is 21.9. The van der Waals surface area contributed by atoms with Crippen LogP contribution in [0.2, 0.25) is 0 Å². The van der Waals surface area contributed by atoms with Crippen LogP contribution >= 0.6 is 15.9 Å². The quantitative estimate of drug-likeness (QED) is 0.489. The minimum Gasteiger partial charge on any atom is -0.480 e. The predicted octanol–water partition coefficient (Wildman–Crippen LogP) is 3.39. The van der Waals surface area contributed by atoms with E-state index in [-0.39, 0.29) is 19.4 Å². The number of aliphatic carboxylic acids is 1. The van der Waals surface area contributed by atoms with Gasteiger partial charge in [0, 0.05) is 12.8 Å². The van der Waals surface area contributed by atoms with Gasteiger partial charge in [-0.3, -0.25) is 4.79 Å². The monoisotopic (exact) mass is 474 g/mol. The van der Waals surface area contributed by atoms with Gasteiger partial charge in [0.2, 0.25) is 5.91 Å². The van der Waals surface area contributed by atoms with Crippen LogP contribution in [0.3, 0.4) is 0 Å². The summed E-state index contributed by atoms with van der Waals surface area (Å²) in [5, 5.41) is 14.3. The molecule has 30 heavy (non-hydrogen) atoms. The van der Waals surface area contributed by atoms with Crippen molar-refractivity contribution in [2.75, 3.05) is 0 Å². The third kappa shape index (κ3) is 8.08. The van der Waals surface area contributed by atoms with Crippen molar-refractivity contribution in [2.24, 2.45) is 0 Å². The number of rotatable bonds is 10. The molecule has 7 nitrogen and oxygen atoms in total. The van der Waals surface area contributed by atoms with Gasteiger partial charge < -0.3 is 20.5 Å². The molecule has 0 unspecified atom stereocenters. The van der Waals surface area contributed by atoms with E-state index in [1.165, 1.54) is 0 Å². The van der Waals surface area contributed by atoms with Crippen LogP contribution in [0.1, 0.15) is 17.5 Å². The first-order chi connectivity index (χ1) is 14.3. The van der Waals surface area contributed by atoms with E-state index in [0.29, 0.717) is 4.48 Å². The smallest absolute Gasteiger partial charge is 0.408 e. The summed E-state index contributed by atoms with van der Waals surface area (Å²) in [7, 11) is 0. The molecule has 2 atom stereocenters. The number of carbonyl (C=O) groups is 3. The number of alkyl carbamates (subject to hydrolysis) is 1. The van der Waals surface area contributed by atoms with Crippen molar-refractivity contribution in [3.63, 3.8) is 0 Å². The van der Waals surface area contributed by atoms with Crippen molar-refractivity contribution < 1.29 is 24.2 Å². The van der Waals surface area contributed by atoms with E-state index in [0.717, 1.165) is 11.1 Å². The minimum absolute atomic E-state index is 0.0115. The van der Waals surface area contributed by atoms with Gasteiger partial charge in [-0.2, -0.15) is 0 Å². The number of halogens is 1. The molecule has 3 N–H and O–H groups in total. The van der Waals surface area contributed by atoms with Gasteiger partial charge in [0.25, 0.3) is 0 Å². The van der Waals surface area contributed by atoms with E-state index in [4.69, 9.17) is 4.74 Å². The van der Waals surface area contributed by atoms with Gasteiger partial charge in [-0.15, -0.1) is 0 Å². The summed E-state index contributed by atoms with van der Waals surface area (Å²) in [5.41, 5.74) is 1.61. The molecule has 0 aliphatic heterocycles. The first-order valence-corrected chi connectivity index (χ1v) is 10.0. The van der Waals surface area contributed by atoms with E-state index in [1.54, 1.807) is 0 Å². The Balaban J connectivity index is 2.06. The second kappa shape index (κ2) is 11.8. The Kier molecular flexibility index (Phi) is 9.08. The van der Waals surface area contributed by atoms with Crippen molar-refractivity contribution in [2.45, 2.75) is 31.5 Å². The summed E-state index contributed by atoms with van der Waals surface area (Å²) in [6.45, 7) is 3.66. The lowest BCUT2D eigenvalue weighted by atomic mass is 10.0. The average Bonchev–Trinajstić information content (AvgIpc) is 2.72. The maximum absolute atomic E-state index is 12.8. The molecule has 8 heteroatoms. The average molecular weight is 475 g/mol. The molecule has 2 aromatic carbocycles. The van der Waals surface area contributed by atoms with Gasteiger partial charge in [-0.1, -0.05) is 83.2 Å². The second-order valence-corrected chi connectivity index (χ2v) is 7.69. The maximum atomic E-state index is 12.8. The Hall–Kier alpha value is -3.13. The van der Waals surface area contributed by atoms with Gasteiger partial charge in [0.05, 0.1) is 0 Å². The zero-order valence-electron chi connectivity index (χ0n) is 16.2. The number of ether oxygens (including phenoxy) is 1. The van der Waals surface area contributed by atoms with Crippen molar-refractivity contribution >= 4 is 33.9 Å². The summed E-state index contributed by atoms with van der Waals surface area (Å²) in [6, 6.07) is 16.0. The fourth-order valence-corrected chi connectivity index (χ4v) is 2.98. The lowest BCUT2D eigenvalue weighted by molar-refractivity contribution is -0.142. The van der Waals surface area contributed by atoms with Gasteiger partial charge in [-0.25, -0.2) is 9.59 Å². The van der Waals surface area contributed by atoms with Crippen LogP contribution in [0.15, 0.2) is 71.7 Å². The molecule has 0 bridgehead atoms. The van der Waals surface area contributed by atoms with Crippen molar-refractivity contribution in [3.8, 4) is 0 Å². The molecule has 2 amide bonds. The van der Waals surface area contributed by atoms with Crippen LogP contribution < -0.4 is 10.6 Å². The standard InChI is InChI=1S/C22H23BrN2O5/c1-15(23)12-19(21(27)28)24-20(26)18(13-16-8-4-2-5-9-16)25-22(29)30-14-17-10-6-3-7-11-17/h2-11,18-19H,1,12-14H2,(H,24,26)(H,25,29)(H,27,28)/t18-,19-/m0/s1. The molecule has 0 saturated heterocycles. The lowest BCUT2D eigenvalue weighted by Crippen LogP contribution is -2.52. The highest BCUT2D eigenvalue weighted by Gasteiger charge is 2.27. The number of carboxylic acid groups (broad SMARTS) is 1. The number of hydrogen-bond acceptors (Lipinski definition) is 4. The molecular weight excluding hydrogens is 452 g/mol. The first-order valence-electron chi connectivity index (χ1n) is 9.22. The Bertz CT molecular complexity index is 874. The summed E-state index contributed by atoms with van der Waals surface area (Å²) in [6.07, 6.45) is -0.585. The normalized spacial score (nSPS) is 12.3. The predicted molar refractivity (Wildman–Crippen MR) is 116 cm³/mol. The third-order valence-corrected chi connectivity index (χ3v) is 4.47. The van der Waals surface area contributed by atoms with E-state index in [2.05, 4.69) is 33.1 Å². The fraction of sp³-hybridized carbons (Fsp3) is 0.227. The topological polar surface area (TPSA) is 105 Å². The van der Waals surface area contributed by atoms with E-state index >= 15 is 0 Å². The number of amides is 2. The second-order valence-electron chi connectivity index (χ2n) is 6.57. The number of benzene rings is 2. The molecule has 0 spiro atoms. The minimum atomic E-state index is -1.20. The summed E-state index contributed by atoms with van der Waals surface area (Å²) >= 11 is 3.11. The SMILES string of the molecule is C=C(Br)C[C@H](NC(=O)[C@H](Cc1ccccc1)NC(=O)OCc1ccccc1)C(=O)O. The highest BCUT2D eigenvalue weighted by Crippen LogP contribution is 2.11. The Labute approximate surface area is 183 Å². The molecule has 2 rings (SSSR count). The van der Waals surface area contributed by atoms with Crippen LogP contribution in [0, 0.1) is 0 Å². The molecule has 158 valence electrons. The highest BCUT2D eigenvalue weighted by atomic mass is 79.9. The van der Waals surface area contributed by atoms with Crippen molar-refractivity contribution in [1.82, 2.24) is 10.6 Å². The summed E-state index contributed by atoms with van der Waals surface area (Å²) < 4.78 is 5.63. The first kappa shape index (κ1) is 23.2. The maximum Gasteiger partial charge on any atom is 0.408 e. The summed E-state index contributed by atoms with van der Waals surface area (Å²) in [4.78, 5) is 36.5. The number of nitrogens with one attached hydrogen (secondary N) is 2. The van der Waals surface area contributed by atoms with Crippen molar-refractivity contribution in [1.29, 1.82) is 0 Å². The van der Waals surface area contributed by atoms with Crippen LogP contribution in [0.5, 0.6) is 0 Å². The molecular formula is C22H23BrN2O5. The lowest BCUT2D eigenvalue weighted by Gasteiger charge is -2.21. The Morgan fingerprint density at radius 3 is 2.03 bits per heavy atom. The molecule has 0 aromatic heterocycles. The molecule has 0 aliphatic rings. The highest BCUT2D eigenvalue weighted by molar-refractivity contribution is 9.11. The Morgan fingerprint density at radius 2 is 1.50 bits per heavy atom. The molecule has 0 radical (unpaired) electrons. The van der Waals surface area contributed by atoms with Gasteiger partial charge >= 0.3 is 12.1 Å². The van der Waals surface area contributed by atoms with Crippen LogP contribution in [0.25, 0.3) is 0 Å². The van der Waals surface area contributed by atoms with Crippen molar-refractivity contribution in [3.05, 3.63) is 82.9 Å². The summed E-state index contributed by atoms with van der Waals surface area (Å²) in [5.74, 6) is -1.83. The van der Waals surface area contributed by atoms with Gasteiger partial charge in [0.1, 0.15) is 18.7 Å². The van der Waals surface area contributed by atoms with E-state index in [1.807, 2.05) is 60.7 Å². The number of hydrogen-bond donors (Lipinski definition) is 3. The number of carboxylic acids is 1. The third-order valence-electron chi connectivity index (χ3n) is 4.14. The molecule has 2 aromatic rings. The largest absolute Gasteiger partial charge is 0.480 e. The zero-order valence-corrected chi connectivity index (χ0v) is 17.8. The molecule has 0 fully saturated rings. The van der Waals surface area contributed by atoms with Gasteiger partial charge in [0.15, 0.2) is 0 Å². The molecule has 0 aliphatic carbocycles. The van der Waals surface area contributed by atoms with Crippen LogP contribution in [-0.4, -0.2) is 35.2 Å². The Morgan fingerprint density at radius 1 is 0.933 bits per heavy atom. The van der Waals surface area contributed by atoms with E-state index in [9.17, 15) is 19.5 Å². The van der Waals surface area contributed by atoms with Gasteiger partial charge in [-0.05, 0) is 15.6 Å². The molecule has 0 saturated carbocycles. The van der Waals surface area contributed by atoms with Crippen LogP contribution in [0.4, 0.5) is 4.79 Å². The van der Waals surface area contributed by atoms with E-state index < -0.39 is 30.1 Å².